The van der Waals surface area contributed by atoms with E-state index < -0.39 is 0 Å². The zero-order chi connectivity index (χ0) is 17.5. The molecule has 0 radical (unpaired) electrons. The molecule has 0 spiro atoms. The van der Waals surface area contributed by atoms with Crippen molar-refractivity contribution in [2.24, 2.45) is 0 Å². The van der Waals surface area contributed by atoms with E-state index in [9.17, 15) is 0 Å². The van der Waals surface area contributed by atoms with Crippen molar-refractivity contribution >= 4 is 27.6 Å². The van der Waals surface area contributed by atoms with Crippen LogP contribution in [0.3, 0.4) is 0 Å². The molecule has 0 aliphatic heterocycles. The topological polar surface area (TPSA) is 39.2 Å². The Morgan fingerprint density at radius 1 is 0.577 bits per heavy atom. The maximum atomic E-state index is 6.18. The van der Waals surface area contributed by atoms with E-state index >= 15 is 0 Å². The minimum Gasteiger partial charge on any atom is -0.455 e. The molecule has 1 aromatic heterocycles. The van der Waals surface area contributed by atoms with Crippen LogP contribution in [0.2, 0.25) is 0 Å². The highest BCUT2D eigenvalue weighted by Crippen LogP contribution is 2.36. The number of para-hydroxylation sites is 2. The van der Waals surface area contributed by atoms with Crippen LogP contribution < -0.4 is 5.73 Å². The van der Waals surface area contributed by atoms with Gasteiger partial charge in [-0.3, -0.25) is 0 Å². The molecule has 0 aliphatic carbocycles. The van der Waals surface area contributed by atoms with Gasteiger partial charge in [0.25, 0.3) is 0 Å². The third-order valence-corrected chi connectivity index (χ3v) is 4.80. The maximum Gasteiger partial charge on any atom is 0.143 e. The molecule has 4 aromatic carbocycles. The number of fused-ring (bicyclic) bond motifs is 3. The number of hydrogen-bond donors (Lipinski definition) is 1. The van der Waals surface area contributed by atoms with Crippen molar-refractivity contribution in [1.82, 2.24) is 0 Å². The zero-order valence-electron chi connectivity index (χ0n) is 14.1. The van der Waals surface area contributed by atoms with Crippen LogP contribution in [0.1, 0.15) is 0 Å². The van der Waals surface area contributed by atoms with Crippen LogP contribution in [-0.2, 0) is 0 Å². The lowest BCUT2D eigenvalue weighted by atomic mass is 9.97. The third-order valence-electron chi connectivity index (χ3n) is 4.80. The van der Waals surface area contributed by atoms with Gasteiger partial charge in [-0.05, 0) is 41.0 Å². The Balaban J connectivity index is 1.72. The van der Waals surface area contributed by atoms with Crippen LogP contribution in [0.4, 0.5) is 5.69 Å². The van der Waals surface area contributed by atoms with E-state index in [1.165, 1.54) is 0 Å². The highest BCUT2D eigenvalue weighted by atomic mass is 16.3. The fourth-order valence-corrected chi connectivity index (χ4v) is 3.56. The van der Waals surface area contributed by atoms with Gasteiger partial charge in [-0.25, -0.2) is 0 Å². The number of nitrogen functional groups attached to an aromatic ring is 1. The molecule has 0 amide bonds. The summed E-state index contributed by atoms with van der Waals surface area (Å²) in [5, 5.41) is 2.30. The summed E-state index contributed by atoms with van der Waals surface area (Å²) in [6.45, 7) is 0. The summed E-state index contributed by atoms with van der Waals surface area (Å²) in [5.74, 6) is 0. The van der Waals surface area contributed by atoms with Crippen LogP contribution in [-0.4, -0.2) is 0 Å². The van der Waals surface area contributed by atoms with Gasteiger partial charge in [0, 0.05) is 22.0 Å². The van der Waals surface area contributed by atoms with E-state index in [-0.39, 0.29) is 0 Å². The Morgan fingerprint density at radius 3 is 2.15 bits per heavy atom. The summed E-state index contributed by atoms with van der Waals surface area (Å²) in [6.07, 6.45) is 0. The molecule has 0 aliphatic rings. The molecule has 0 saturated carbocycles. The SMILES string of the molecule is Nc1cccc(-c2cccc(-c3cccc4c3oc3ccccc34)c2)c1. The summed E-state index contributed by atoms with van der Waals surface area (Å²) in [5.41, 5.74) is 13.1. The number of furan rings is 1. The predicted octanol–water partition coefficient (Wildman–Crippen LogP) is 6.50. The number of anilines is 1. The molecule has 5 rings (SSSR count). The largest absolute Gasteiger partial charge is 0.455 e. The molecule has 0 atom stereocenters. The summed E-state index contributed by atoms with van der Waals surface area (Å²) in [6, 6.07) is 31.0. The van der Waals surface area contributed by atoms with Crippen LogP contribution in [0, 0.1) is 0 Å². The fraction of sp³-hybridized carbons (Fsp3) is 0. The zero-order valence-corrected chi connectivity index (χ0v) is 14.1. The van der Waals surface area contributed by atoms with Crippen molar-refractivity contribution in [3.63, 3.8) is 0 Å². The lowest BCUT2D eigenvalue weighted by molar-refractivity contribution is 0.670. The lowest BCUT2D eigenvalue weighted by Gasteiger charge is -2.07. The van der Waals surface area contributed by atoms with Gasteiger partial charge in [0.2, 0.25) is 0 Å². The first-order valence-electron chi connectivity index (χ1n) is 8.66. The molecule has 124 valence electrons. The second-order valence-corrected chi connectivity index (χ2v) is 6.49. The molecule has 1 heterocycles. The summed E-state index contributed by atoms with van der Waals surface area (Å²) in [4.78, 5) is 0. The van der Waals surface area contributed by atoms with E-state index in [0.717, 1.165) is 49.9 Å². The van der Waals surface area contributed by atoms with Crippen molar-refractivity contribution in [3.05, 3.63) is 91.0 Å². The van der Waals surface area contributed by atoms with Gasteiger partial charge < -0.3 is 10.2 Å². The molecule has 0 unspecified atom stereocenters. The molecule has 2 N–H and O–H groups in total. The fourth-order valence-electron chi connectivity index (χ4n) is 3.56. The molecule has 0 fully saturated rings. The quantitative estimate of drug-likeness (QED) is 0.374. The molecule has 0 saturated heterocycles. The lowest BCUT2D eigenvalue weighted by Crippen LogP contribution is -1.86. The molecule has 2 nitrogen and oxygen atoms in total. The Labute approximate surface area is 151 Å². The van der Waals surface area contributed by atoms with E-state index in [2.05, 4.69) is 54.6 Å². The Morgan fingerprint density at radius 2 is 1.27 bits per heavy atom. The van der Waals surface area contributed by atoms with Gasteiger partial charge in [0.05, 0.1) is 0 Å². The monoisotopic (exact) mass is 335 g/mol. The van der Waals surface area contributed by atoms with Crippen molar-refractivity contribution in [3.8, 4) is 22.3 Å². The van der Waals surface area contributed by atoms with Gasteiger partial charge in [-0.15, -0.1) is 0 Å². The standard InChI is InChI=1S/C24H17NO/c25-19-9-4-7-17(15-19)16-6-3-8-18(14-16)20-11-5-12-22-21-10-1-2-13-23(21)26-24(20)22/h1-15H,25H2. The summed E-state index contributed by atoms with van der Waals surface area (Å²) >= 11 is 0. The third kappa shape index (κ3) is 2.35. The number of benzene rings is 4. The Hall–Kier alpha value is -3.52. The van der Waals surface area contributed by atoms with Crippen LogP contribution in [0.5, 0.6) is 0 Å². The van der Waals surface area contributed by atoms with Gasteiger partial charge in [0.15, 0.2) is 0 Å². The van der Waals surface area contributed by atoms with E-state index in [0.29, 0.717) is 0 Å². The summed E-state index contributed by atoms with van der Waals surface area (Å²) < 4.78 is 6.18. The van der Waals surface area contributed by atoms with Crippen molar-refractivity contribution in [1.29, 1.82) is 0 Å². The molecule has 5 aromatic rings. The van der Waals surface area contributed by atoms with Crippen LogP contribution in [0.25, 0.3) is 44.2 Å². The number of nitrogens with two attached hydrogens (primary N) is 1. The van der Waals surface area contributed by atoms with Crippen molar-refractivity contribution in [2.45, 2.75) is 0 Å². The Bertz CT molecular complexity index is 1250. The van der Waals surface area contributed by atoms with Crippen molar-refractivity contribution in [2.75, 3.05) is 5.73 Å². The summed E-state index contributed by atoms with van der Waals surface area (Å²) in [7, 11) is 0. The first-order chi connectivity index (χ1) is 12.8. The van der Waals surface area contributed by atoms with E-state index in [4.69, 9.17) is 10.2 Å². The smallest absolute Gasteiger partial charge is 0.143 e. The average molecular weight is 335 g/mol. The highest BCUT2D eigenvalue weighted by Gasteiger charge is 2.12. The minimum atomic E-state index is 0.771. The minimum absolute atomic E-state index is 0.771. The number of hydrogen-bond acceptors (Lipinski definition) is 2. The normalized spacial score (nSPS) is 11.2. The molecular weight excluding hydrogens is 318 g/mol. The number of rotatable bonds is 2. The average Bonchev–Trinajstić information content (AvgIpc) is 3.07. The molecular formula is C24H17NO. The maximum absolute atomic E-state index is 6.18. The molecule has 2 heteroatoms. The second kappa shape index (κ2) is 5.78. The van der Waals surface area contributed by atoms with Gasteiger partial charge in [-0.2, -0.15) is 0 Å². The van der Waals surface area contributed by atoms with Gasteiger partial charge >= 0.3 is 0 Å². The van der Waals surface area contributed by atoms with Gasteiger partial charge in [0.1, 0.15) is 11.2 Å². The highest BCUT2D eigenvalue weighted by molar-refractivity contribution is 6.09. The van der Waals surface area contributed by atoms with Crippen LogP contribution in [0.15, 0.2) is 95.4 Å². The van der Waals surface area contributed by atoms with Gasteiger partial charge in [-0.1, -0.05) is 66.7 Å². The van der Waals surface area contributed by atoms with E-state index in [1.54, 1.807) is 0 Å². The Kier molecular flexibility index (Phi) is 3.29. The molecule has 0 bridgehead atoms. The van der Waals surface area contributed by atoms with E-state index in [1.807, 2.05) is 36.4 Å². The second-order valence-electron chi connectivity index (χ2n) is 6.49. The van der Waals surface area contributed by atoms with Crippen LogP contribution >= 0.6 is 0 Å². The molecule has 26 heavy (non-hydrogen) atoms. The first-order valence-corrected chi connectivity index (χ1v) is 8.66. The first kappa shape index (κ1) is 14.8. The van der Waals surface area contributed by atoms with Crippen molar-refractivity contribution < 1.29 is 4.42 Å². The predicted molar refractivity (Wildman–Crippen MR) is 109 cm³/mol.